The van der Waals surface area contributed by atoms with Gasteiger partial charge in [-0.2, -0.15) is 9.94 Å². The van der Waals surface area contributed by atoms with Gasteiger partial charge in [-0.1, -0.05) is 6.07 Å². The Morgan fingerprint density at radius 3 is 2.89 bits per heavy atom. The van der Waals surface area contributed by atoms with Crippen molar-refractivity contribution in [3.63, 3.8) is 0 Å². The number of anilines is 2. The van der Waals surface area contributed by atoms with Crippen LogP contribution in [0.4, 0.5) is 11.6 Å². The van der Waals surface area contributed by atoms with E-state index in [2.05, 4.69) is 26.8 Å². The number of aromatic nitrogens is 3. The van der Waals surface area contributed by atoms with E-state index in [0.717, 1.165) is 13.1 Å². The first kappa shape index (κ1) is 11.5. The van der Waals surface area contributed by atoms with Crippen LogP contribution in [0, 0.1) is 11.3 Å². The summed E-state index contributed by atoms with van der Waals surface area (Å²) < 4.78 is 1.48. The van der Waals surface area contributed by atoms with E-state index in [1.807, 2.05) is 12.1 Å². The zero-order chi connectivity index (χ0) is 13.2. The molecule has 0 atom stereocenters. The molecule has 1 saturated heterocycles. The summed E-state index contributed by atoms with van der Waals surface area (Å²) in [5.41, 5.74) is 6.32. The quantitative estimate of drug-likeness (QED) is 0.718. The largest absolute Gasteiger partial charge is 0.382 e. The molecule has 0 unspecified atom stereocenters. The molecule has 96 valence electrons. The number of nitrogens with one attached hydrogen (secondary N) is 2. The van der Waals surface area contributed by atoms with Crippen molar-refractivity contribution in [2.24, 2.45) is 0 Å². The zero-order valence-electron chi connectivity index (χ0n) is 10.2. The Hall–Kier alpha value is -2.59. The zero-order valence-corrected chi connectivity index (χ0v) is 10.2. The molecule has 1 aliphatic rings. The van der Waals surface area contributed by atoms with E-state index < -0.39 is 0 Å². The molecule has 2 aromatic rings. The van der Waals surface area contributed by atoms with E-state index in [4.69, 9.17) is 5.73 Å². The number of nitrogen functional groups attached to an aromatic ring is 1. The summed E-state index contributed by atoms with van der Waals surface area (Å²) in [6.45, 7) is 1.72. The molecule has 7 heteroatoms. The van der Waals surface area contributed by atoms with E-state index in [1.165, 1.54) is 4.68 Å². The van der Waals surface area contributed by atoms with Crippen LogP contribution in [0.2, 0.25) is 0 Å². The second-order valence-electron chi connectivity index (χ2n) is 4.32. The maximum Gasteiger partial charge on any atom is 0.169 e. The van der Waals surface area contributed by atoms with Gasteiger partial charge in [-0.25, -0.2) is 4.98 Å². The van der Waals surface area contributed by atoms with Crippen LogP contribution in [-0.4, -0.2) is 33.9 Å². The van der Waals surface area contributed by atoms with Gasteiger partial charge in [0.1, 0.15) is 17.5 Å². The van der Waals surface area contributed by atoms with E-state index in [-0.39, 0.29) is 0 Å². The minimum Gasteiger partial charge on any atom is -0.382 e. The second-order valence-corrected chi connectivity index (χ2v) is 4.32. The van der Waals surface area contributed by atoms with E-state index >= 15 is 0 Å². The van der Waals surface area contributed by atoms with Crippen LogP contribution in [0.3, 0.4) is 0 Å². The monoisotopic (exact) mass is 255 g/mol. The predicted molar refractivity (Wildman–Crippen MR) is 70.8 cm³/mol. The van der Waals surface area contributed by atoms with Crippen LogP contribution in [0.15, 0.2) is 24.4 Å². The van der Waals surface area contributed by atoms with E-state index in [1.54, 1.807) is 12.3 Å². The summed E-state index contributed by atoms with van der Waals surface area (Å²) in [5.74, 6) is 1.41. The molecule has 19 heavy (non-hydrogen) atoms. The average molecular weight is 255 g/mol. The van der Waals surface area contributed by atoms with Gasteiger partial charge in [-0.3, -0.25) is 0 Å². The molecule has 0 radical (unpaired) electrons. The average Bonchev–Trinajstić information content (AvgIpc) is 2.71. The molecule has 0 aromatic carbocycles. The highest BCUT2D eigenvalue weighted by atomic mass is 15.4. The van der Waals surface area contributed by atoms with Crippen LogP contribution in [-0.2, 0) is 0 Å². The van der Waals surface area contributed by atoms with Crippen molar-refractivity contribution in [2.75, 3.05) is 24.1 Å². The van der Waals surface area contributed by atoms with Gasteiger partial charge >= 0.3 is 0 Å². The Morgan fingerprint density at radius 2 is 2.32 bits per heavy atom. The number of nitrogens with two attached hydrogens (primary N) is 1. The Balaban J connectivity index is 1.99. The highest BCUT2D eigenvalue weighted by Gasteiger charge is 2.22. The molecule has 0 amide bonds. The van der Waals surface area contributed by atoms with Crippen LogP contribution in [0.1, 0.15) is 5.56 Å². The minimum absolute atomic E-state index is 0.290. The summed E-state index contributed by atoms with van der Waals surface area (Å²) in [5, 5.41) is 19.9. The third-order valence-electron chi connectivity index (χ3n) is 3.02. The van der Waals surface area contributed by atoms with Crippen LogP contribution < -0.4 is 16.4 Å². The fraction of sp³-hybridized carbons (Fsp3) is 0.250. The molecule has 3 heterocycles. The van der Waals surface area contributed by atoms with Gasteiger partial charge in [0, 0.05) is 19.3 Å². The first-order valence-corrected chi connectivity index (χ1v) is 5.97. The van der Waals surface area contributed by atoms with Crippen molar-refractivity contribution in [3.8, 4) is 11.9 Å². The molecular formula is C12H13N7. The molecule has 2 aromatic heterocycles. The van der Waals surface area contributed by atoms with Crippen LogP contribution in [0.25, 0.3) is 5.82 Å². The molecule has 4 N–H and O–H groups in total. The molecule has 1 fully saturated rings. The lowest BCUT2D eigenvalue weighted by atomic mass is 10.2. The molecule has 7 nitrogen and oxygen atoms in total. The first-order chi connectivity index (χ1) is 9.29. The number of nitrogens with zero attached hydrogens (tertiary/aromatic N) is 4. The van der Waals surface area contributed by atoms with Gasteiger partial charge in [0.05, 0.1) is 6.04 Å². The van der Waals surface area contributed by atoms with Crippen molar-refractivity contribution >= 4 is 11.6 Å². The van der Waals surface area contributed by atoms with Crippen molar-refractivity contribution in [1.29, 1.82) is 5.26 Å². The summed E-state index contributed by atoms with van der Waals surface area (Å²) in [6.07, 6.45) is 1.66. The Kier molecular flexibility index (Phi) is 2.78. The Bertz CT molecular complexity index is 622. The van der Waals surface area contributed by atoms with Gasteiger partial charge in [-0.15, -0.1) is 5.10 Å². The maximum atomic E-state index is 9.20. The van der Waals surface area contributed by atoms with Gasteiger partial charge in [0.2, 0.25) is 0 Å². The number of hydrogen-bond acceptors (Lipinski definition) is 6. The van der Waals surface area contributed by atoms with E-state index in [9.17, 15) is 5.26 Å². The van der Waals surface area contributed by atoms with Crippen molar-refractivity contribution < 1.29 is 0 Å². The summed E-state index contributed by atoms with van der Waals surface area (Å²) in [7, 11) is 0. The highest BCUT2D eigenvalue weighted by molar-refractivity contribution is 5.66. The lowest BCUT2D eigenvalue weighted by Gasteiger charge is -2.27. The molecule has 3 rings (SSSR count). The van der Waals surface area contributed by atoms with Crippen LogP contribution in [0.5, 0.6) is 0 Å². The Labute approximate surface area is 110 Å². The fourth-order valence-electron chi connectivity index (χ4n) is 1.88. The van der Waals surface area contributed by atoms with Crippen molar-refractivity contribution in [1.82, 2.24) is 20.1 Å². The minimum atomic E-state index is 0.290. The number of pyridine rings is 1. The molecular weight excluding hydrogens is 242 g/mol. The van der Waals surface area contributed by atoms with Crippen molar-refractivity contribution in [3.05, 3.63) is 30.0 Å². The topological polar surface area (TPSA) is 105 Å². The van der Waals surface area contributed by atoms with E-state index in [0.29, 0.717) is 29.1 Å². The maximum absolute atomic E-state index is 9.20. The summed E-state index contributed by atoms with van der Waals surface area (Å²) in [4.78, 5) is 4.18. The SMILES string of the molecule is N#Cc1c(NC2CNC2)nn(-c2ccccn2)c1N. The lowest BCUT2D eigenvalue weighted by molar-refractivity contribution is 0.470. The molecule has 0 bridgehead atoms. The third kappa shape index (κ3) is 1.98. The Morgan fingerprint density at radius 1 is 1.47 bits per heavy atom. The molecule has 0 spiro atoms. The highest BCUT2D eigenvalue weighted by Crippen LogP contribution is 2.24. The molecule has 0 saturated carbocycles. The smallest absolute Gasteiger partial charge is 0.169 e. The second kappa shape index (κ2) is 4.59. The lowest BCUT2D eigenvalue weighted by Crippen LogP contribution is -2.51. The standard InChI is InChI=1S/C12H13N7/c13-5-9-11(14)19(10-3-1-2-4-16-10)18-12(9)17-8-6-15-7-8/h1-4,8,15H,6-7,14H2,(H,17,18). The fourth-order valence-corrected chi connectivity index (χ4v) is 1.88. The number of rotatable bonds is 3. The predicted octanol–water partition coefficient (Wildman–Crippen LogP) is 0.105. The number of nitriles is 1. The van der Waals surface area contributed by atoms with Gasteiger partial charge in [-0.05, 0) is 12.1 Å². The first-order valence-electron chi connectivity index (χ1n) is 5.97. The van der Waals surface area contributed by atoms with Crippen LogP contribution >= 0.6 is 0 Å². The summed E-state index contributed by atoms with van der Waals surface area (Å²) in [6, 6.07) is 7.83. The van der Waals surface area contributed by atoms with Gasteiger partial charge in [0.15, 0.2) is 11.6 Å². The number of hydrogen-bond donors (Lipinski definition) is 3. The summed E-state index contributed by atoms with van der Waals surface area (Å²) >= 11 is 0. The third-order valence-corrected chi connectivity index (χ3v) is 3.02. The molecule has 0 aliphatic carbocycles. The van der Waals surface area contributed by atoms with Crippen molar-refractivity contribution in [2.45, 2.75) is 6.04 Å². The molecule has 1 aliphatic heterocycles. The van der Waals surface area contributed by atoms with Gasteiger partial charge in [0.25, 0.3) is 0 Å². The normalized spacial score (nSPS) is 14.7. The van der Waals surface area contributed by atoms with Gasteiger partial charge < -0.3 is 16.4 Å².